The third kappa shape index (κ3) is 7.63. The van der Waals surface area contributed by atoms with Crippen LogP contribution in [0, 0.1) is 11.3 Å². The van der Waals surface area contributed by atoms with Crippen LogP contribution in [-0.4, -0.2) is 61.2 Å². The molecular formula is C33H33ClN6O4. The van der Waals surface area contributed by atoms with Crippen LogP contribution in [0.1, 0.15) is 24.1 Å². The van der Waals surface area contributed by atoms with Gasteiger partial charge in [-0.1, -0.05) is 23.2 Å². The van der Waals surface area contributed by atoms with E-state index in [2.05, 4.69) is 31.6 Å². The minimum atomic E-state index is -0.241. The Labute approximate surface area is 261 Å². The molecule has 2 N–H and O–H groups in total. The number of hydrogen-bond acceptors (Lipinski definition) is 9. The fraction of sp³-hybridized carbons (Fsp3) is 0.273. The molecule has 1 fully saturated rings. The zero-order valence-corrected chi connectivity index (χ0v) is 25.4. The number of ether oxygens (including phenoxy) is 3. The monoisotopic (exact) mass is 612 g/mol. The van der Waals surface area contributed by atoms with Crippen molar-refractivity contribution in [3.05, 3.63) is 88.9 Å². The van der Waals surface area contributed by atoms with Crippen molar-refractivity contribution in [2.24, 2.45) is 0 Å². The first-order valence-corrected chi connectivity index (χ1v) is 14.6. The average Bonchev–Trinajstić information content (AvgIpc) is 3.04. The number of methoxy groups -OCH3 is 2. The lowest BCUT2D eigenvalue weighted by molar-refractivity contribution is -0.112. The molecule has 2 aromatic heterocycles. The van der Waals surface area contributed by atoms with Crippen molar-refractivity contribution in [2.45, 2.75) is 19.4 Å². The topological polar surface area (TPSA) is 122 Å². The first-order chi connectivity index (χ1) is 21.5. The summed E-state index contributed by atoms with van der Waals surface area (Å²) in [5, 5.41) is 17.2. The van der Waals surface area contributed by atoms with Gasteiger partial charge in [-0.15, -0.1) is 0 Å². The van der Waals surface area contributed by atoms with E-state index in [-0.39, 0.29) is 12.5 Å². The van der Waals surface area contributed by atoms with E-state index in [0.717, 1.165) is 43.7 Å². The number of fused-ring (bicyclic) bond motifs is 1. The molecule has 0 aliphatic carbocycles. The molecule has 2 aromatic carbocycles. The summed E-state index contributed by atoms with van der Waals surface area (Å²) < 4.78 is 16.6. The van der Waals surface area contributed by atoms with E-state index in [0.29, 0.717) is 56.7 Å². The van der Waals surface area contributed by atoms with Crippen LogP contribution in [0.4, 0.5) is 17.1 Å². The van der Waals surface area contributed by atoms with Crippen molar-refractivity contribution >= 4 is 45.5 Å². The fourth-order valence-electron chi connectivity index (χ4n) is 4.96. The Hall–Kier alpha value is -4.69. The second kappa shape index (κ2) is 14.7. The lowest BCUT2D eigenvalue weighted by Crippen LogP contribution is -2.33. The normalized spacial score (nSPS) is 13.3. The van der Waals surface area contributed by atoms with Gasteiger partial charge in [0.15, 0.2) is 0 Å². The number of piperidine rings is 1. The number of benzene rings is 2. The Kier molecular flexibility index (Phi) is 10.2. The van der Waals surface area contributed by atoms with E-state index in [4.69, 9.17) is 25.8 Å². The maximum atomic E-state index is 13.1. The lowest BCUT2D eigenvalue weighted by atomic mass is 10.0. The highest BCUT2D eigenvalue weighted by molar-refractivity contribution is 6.32. The van der Waals surface area contributed by atoms with E-state index in [1.807, 2.05) is 24.3 Å². The predicted molar refractivity (Wildman–Crippen MR) is 171 cm³/mol. The summed E-state index contributed by atoms with van der Waals surface area (Å²) in [7, 11) is 3.23. The Morgan fingerprint density at radius 1 is 1.11 bits per heavy atom. The molecule has 10 nitrogen and oxygen atoms in total. The van der Waals surface area contributed by atoms with E-state index in [1.165, 1.54) is 13.3 Å². The van der Waals surface area contributed by atoms with Gasteiger partial charge in [0.1, 0.15) is 24.2 Å². The van der Waals surface area contributed by atoms with Crippen LogP contribution in [0.15, 0.2) is 72.6 Å². The van der Waals surface area contributed by atoms with Crippen LogP contribution in [0.25, 0.3) is 10.9 Å². The first-order valence-electron chi connectivity index (χ1n) is 14.2. The number of hydrogen-bond donors (Lipinski definition) is 2. The molecular weight excluding hydrogens is 580 g/mol. The summed E-state index contributed by atoms with van der Waals surface area (Å²) in [5.41, 5.74) is 4.43. The molecule has 11 heteroatoms. The van der Waals surface area contributed by atoms with E-state index >= 15 is 0 Å². The van der Waals surface area contributed by atoms with Crippen molar-refractivity contribution in [3.63, 3.8) is 0 Å². The summed E-state index contributed by atoms with van der Waals surface area (Å²) in [5.74, 6) is 0.724. The number of likely N-dealkylation sites (tertiary alicyclic amines) is 1. The van der Waals surface area contributed by atoms with Gasteiger partial charge in [0.25, 0.3) is 0 Å². The van der Waals surface area contributed by atoms with Gasteiger partial charge < -0.3 is 29.7 Å². The van der Waals surface area contributed by atoms with Gasteiger partial charge in [-0.25, -0.2) is 0 Å². The van der Waals surface area contributed by atoms with Crippen molar-refractivity contribution in [1.29, 1.82) is 5.26 Å². The van der Waals surface area contributed by atoms with Gasteiger partial charge in [-0.3, -0.25) is 14.8 Å². The number of nitrogens with zero attached hydrogens (tertiary/aromatic N) is 4. The van der Waals surface area contributed by atoms with Crippen LogP contribution in [0.5, 0.6) is 11.5 Å². The molecule has 0 atom stereocenters. The minimum Gasteiger partial charge on any atom is -0.494 e. The van der Waals surface area contributed by atoms with E-state index < -0.39 is 0 Å². The molecule has 0 radical (unpaired) electrons. The highest BCUT2D eigenvalue weighted by atomic mass is 35.5. The largest absolute Gasteiger partial charge is 0.494 e. The molecule has 1 amide bonds. The third-order valence-electron chi connectivity index (χ3n) is 7.32. The smallest absolute Gasteiger partial charge is 0.248 e. The summed E-state index contributed by atoms with van der Waals surface area (Å²) in [6.07, 6.45) is 6.52. The summed E-state index contributed by atoms with van der Waals surface area (Å²) >= 11 is 6.55. The van der Waals surface area contributed by atoms with Crippen LogP contribution in [0.3, 0.4) is 0 Å². The van der Waals surface area contributed by atoms with Crippen LogP contribution >= 0.6 is 11.6 Å². The number of carbonyl (C=O) groups is 1. The summed E-state index contributed by atoms with van der Waals surface area (Å²) in [6, 6.07) is 16.6. The Morgan fingerprint density at radius 3 is 2.66 bits per heavy atom. The summed E-state index contributed by atoms with van der Waals surface area (Å²) in [4.78, 5) is 24.1. The molecule has 4 aromatic rings. The van der Waals surface area contributed by atoms with Gasteiger partial charge in [0.2, 0.25) is 5.91 Å². The molecule has 226 valence electrons. The number of rotatable bonds is 11. The molecule has 1 aliphatic rings. The molecule has 0 spiro atoms. The average molecular weight is 613 g/mol. The second-order valence-electron chi connectivity index (χ2n) is 10.2. The molecule has 0 bridgehead atoms. The Morgan fingerprint density at radius 2 is 1.95 bits per heavy atom. The number of aromatic nitrogens is 2. The Bertz CT molecular complexity index is 1700. The standard InChI is InChI=1S/C33H33ClN6O4/c1-42-14-13-40-11-8-22(9-12-40)15-32(41)39-29-17-26-28(18-31(29)43-2)37-20-23(19-35)33(26)38-24-6-7-30(27(34)16-24)44-21-25-5-3-4-10-36-25/h3-7,10,15-18,20H,8-9,11-14,21H2,1-2H3,(H,37,38)(H,39,41). The van der Waals surface area contributed by atoms with Gasteiger partial charge >= 0.3 is 0 Å². The first kappa shape index (κ1) is 30.8. The summed E-state index contributed by atoms with van der Waals surface area (Å²) in [6.45, 7) is 3.64. The van der Waals surface area contributed by atoms with E-state index in [1.54, 1.807) is 43.6 Å². The van der Waals surface area contributed by atoms with Crippen molar-refractivity contribution in [2.75, 3.05) is 51.1 Å². The highest BCUT2D eigenvalue weighted by Gasteiger charge is 2.18. The molecule has 44 heavy (non-hydrogen) atoms. The molecule has 0 saturated carbocycles. The number of nitriles is 1. The zero-order valence-electron chi connectivity index (χ0n) is 24.6. The number of carbonyl (C=O) groups excluding carboxylic acids is 1. The van der Waals surface area contributed by atoms with Crippen molar-refractivity contribution in [1.82, 2.24) is 14.9 Å². The second-order valence-corrected chi connectivity index (χ2v) is 10.6. The SMILES string of the molecule is COCCN1CCC(=CC(=O)Nc2cc3c(Nc4ccc(OCc5ccccn5)c(Cl)c4)c(C#N)cnc3cc2OC)CC1. The molecule has 1 aliphatic heterocycles. The maximum Gasteiger partial charge on any atom is 0.248 e. The number of amides is 1. The number of nitrogens with one attached hydrogen (secondary N) is 2. The van der Waals surface area contributed by atoms with Crippen LogP contribution < -0.4 is 20.1 Å². The molecule has 1 saturated heterocycles. The van der Waals surface area contributed by atoms with Gasteiger partial charge in [0.05, 0.1) is 46.9 Å². The quantitative estimate of drug-likeness (QED) is 0.194. The minimum absolute atomic E-state index is 0.241. The number of pyridine rings is 2. The Balaban J connectivity index is 1.36. The third-order valence-corrected chi connectivity index (χ3v) is 7.61. The van der Waals surface area contributed by atoms with Crippen molar-refractivity contribution in [3.8, 4) is 17.6 Å². The van der Waals surface area contributed by atoms with Crippen LogP contribution in [-0.2, 0) is 16.1 Å². The molecule has 5 rings (SSSR count). The van der Waals surface area contributed by atoms with Crippen LogP contribution in [0.2, 0.25) is 5.02 Å². The highest BCUT2D eigenvalue weighted by Crippen LogP contribution is 2.37. The lowest BCUT2D eigenvalue weighted by Gasteiger charge is -2.27. The van der Waals surface area contributed by atoms with Crippen molar-refractivity contribution < 1.29 is 19.0 Å². The maximum absolute atomic E-state index is 13.1. The van der Waals surface area contributed by atoms with Gasteiger partial charge in [-0.2, -0.15) is 5.26 Å². The zero-order chi connectivity index (χ0) is 30.9. The van der Waals surface area contributed by atoms with Gasteiger partial charge in [-0.05, 0) is 49.2 Å². The van der Waals surface area contributed by atoms with Gasteiger partial charge in [0, 0.05) is 62.4 Å². The van der Waals surface area contributed by atoms with E-state index in [9.17, 15) is 10.1 Å². The number of halogens is 1. The molecule has 0 unspecified atom stereocenters. The fourth-order valence-corrected chi connectivity index (χ4v) is 5.20. The molecule has 3 heterocycles. The predicted octanol–water partition coefficient (Wildman–Crippen LogP) is 6.09. The number of anilines is 3.